The van der Waals surface area contributed by atoms with Gasteiger partial charge in [0, 0.05) is 23.5 Å². The van der Waals surface area contributed by atoms with E-state index in [2.05, 4.69) is 5.10 Å². The molecule has 0 atom stereocenters. The predicted molar refractivity (Wildman–Crippen MR) is 135 cm³/mol. The quantitative estimate of drug-likeness (QED) is 0.553. The number of aromatic nitrogens is 2. The minimum atomic E-state index is -0.360. The van der Waals surface area contributed by atoms with Crippen molar-refractivity contribution in [1.82, 2.24) is 14.7 Å². The molecule has 7 nitrogen and oxygen atoms in total. The van der Waals surface area contributed by atoms with Crippen molar-refractivity contribution in [3.05, 3.63) is 77.1 Å². The van der Waals surface area contributed by atoms with Crippen molar-refractivity contribution in [1.29, 1.82) is 0 Å². The molecule has 0 bridgehead atoms. The Bertz CT molecular complexity index is 1240. The fourth-order valence-electron chi connectivity index (χ4n) is 5.68. The molecular weight excluding hydrogens is 440 g/mol. The molecule has 7 heteroatoms. The van der Waals surface area contributed by atoms with Crippen LogP contribution >= 0.6 is 0 Å². The predicted octanol–water partition coefficient (Wildman–Crippen LogP) is 4.36. The van der Waals surface area contributed by atoms with E-state index >= 15 is 0 Å². The molecule has 1 aliphatic heterocycles. The number of nitrogens with zero attached hydrogens (tertiary/aromatic N) is 4. The van der Waals surface area contributed by atoms with Gasteiger partial charge in [0.05, 0.1) is 24.9 Å². The lowest BCUT2D eigenvalue weighted by atomic mass is 9.90. The van der Waals surface area contributed by atoms with Crippen molar-refractivity contribution < 1.29 is 14.3 Å². The summed E-state index contributed by atoms with van der Waals surface area (Å²) in [6, 6.07) is 17.4. The Kier molecular flexibility index (Phi) is 6.09. The molecule has 35 heavy (non-hydrogen) atoms. The highest BCUT2D eigenvalue weighted by atomic mass is 16.5. The molecule has 1 aliphatic carbocycles. The van der Waals surface area contributed by atoms with Gasteiger partial charge in [-0.25, -0.2) is 0 Å². The molecule has 2 heterocycles. The maximum atomic E-state index is 13.6. The van der Waals surface area contributed by atoms with Gasteiger partial charge >= 0.3 is 0 Å². The molecule has 5 rings (SSSR count). The Balaban J connectivity index is 1.39. The summed E-state index contributed by atoms with van der Waals surface area (Å²) in [7, 11) is 1.63. The van der Waals surface area contributed by atoms with Crippen LogP contribution in [-0.4, -0.2) is 52.2 Å². The molecule has 1 aromatic heterocycles. The van der Waals surface area contributed by atoms with Gasteiger partial charge in [-0.05, 0) is 74.7 Å². The van der Waals surface area contributed by atoms with E-state index in [1.807, 2.05) is 78.0 Å². The SMILES string of the molecule is COc1ccc(N2C(=O)CN(C(=O)c3cccc(Cn4nc(C)cc4C)c3)CC23CCCC3)cc1. The summed E-state index contributed by atoms with van der Waals surface area (Å²) in [6.45, 7) is 5.24. The van der Waals surface area contributed by atoms with Gasteiger partial charge in [-0.15, -0.1) is 0 Å². The van der Waals surface area contributed by atoms with Crippen LogP contribution in [0.3, 0.4) is 0 Å². The second kappa shape index (κ2) is 9.21. The zero-order valence-electron chi connectivity index (χ0n) is 20.7. The third-order valence-corrected chi connectivity index (χ3v) is 7.30. The van der Waals surface area contributed by atoms with Crippen molar-refractivity contribution in [3.8, 4) is 5.75 Å². The summed E-state index contributed by atoms with van der Waals surface area (Å²) in [5, 5.41) is 4.54. The number of anilines is 1. The molecule has 2 aliphatic rings. The summed E-state index contributed by atoms with van der Waals surface area (Å²) >= 11 is 0. The van der Waals surface area contributed by atoms with Gasteiger partial charge in [0.15, 0.2) is 0 Å². The first-order chi connectivity index (χ1) is 16.9. The molecule has 0 unspecified atom stereocenters. The number of methoxy groups -OCH3 is 1. The van der Waals surface area contributed by atoms with Crippen LogP contribution in [0.5, 0.6) is 5.75 Å². The molecular formula is C28H32N4O3. The molecule has 1 spiro atoms. The monoisotopic (exact) mass is 472 g/mol. The first-order valence-corrected chi connectivity index (χ1v) is 12.2. The number of ether oxygens (including phenoxy) is 1. The summed E-state index contributed by atoms with van der Waals surface area (Å²) in [5.41, 5.74) is 4.20. The van der Waals surface area contributed by atoms with E-state index in [0.717, 1.165) is 54.1 Å². The van der Waals surface area contributed by atoms with E-state index in [-0.39, 0.29) is 23.9 Å². The number of hydrogen-bond acceptors (Lipinski definition) is 4. The molecule has 0 N–H and O–H groups in total. The number of amides is 2. The zero-order valence-corrected chi connectivity index (χ0v) is 20.7. The van der Waals surface area contributed by atoms with Gasteiger partial charge in [0.1, 0.15) is 12.3 Å². The minimum absolute atomic E-state index is 0.0320. The lowest BCUT2D eigenvalue weighted by Gasteiger charge is -2.49. The van der Waals surface area contributed by atoms with E-state index in [4.69, 9.17) is 4.74 Å². The summed E-state index contributed by atoms with van der Waals surface area (Å²) in [6.07, 6.45) is 3.90. The van der Waals surface area contributed by atoms with Crippen LogP contribution in [0.15, 0.2) is 54.6 Å². The number of carbonyl (C=O) groups excluding carboxylic acids is 2. The highest BCUT2D eigenvalue weighted by Crippen LogP contribution is 2.41. The Morgan fingerprint density at radius 2 is 1.80 bits per heavy atom. The van der Waals surface area contributed by atoms with Crippen LogP contribution in [-0.2, 0) is 11.3 Å². The average molecular weight is 473 g/mol. The number of hydrogen-bond donors (Lipinski definition) is 0. The van der Waals surface area contributed by atoms with Gasteiger partial charge in [0.2, 0.25) is 5.91 Å². The number of benzene rings is 2. The van der Waals surface area contributed by atoms with E-state index in [9.17, 15) is 9.59 Å². The highest BCUT2D eigenvalue weighted by Gasteiger charge is 2.48. The smallest absolute Gasteiger partial charge is 0.254 e. The van der Waals surface area contributed by atoms with Crippen LogP contribution < -0.4 is 9.64 Å². The van der Waals surface area contributed by atoms with E-state index < -0.39 is 0 Å². The molecule has 2 amide bonds. The first-order valence-electron chi connectivity index (χ1n) is 12.2. The normalized spacial score (nSPS) is 17.3. The fraction of sp³-hybridized carbons (Fsp3) is 0.393. The van der Waals surface area contributed by atoms with Crippen molar-refractivity contribution >= 4 is 17.5 Å². The van der Waals surface area contributed by atoms with Crippen LogP contribution in [0.4, 0.5) is 5.69 Å². The molecule has 1 saturated carbocycles. The zero-order chi connectivity index (χ0) is 24.6. The molecule has 2 fully saturated rings. The highest BCUT2D eigenvalue weighted by molar-refractivity contribution is 6.03. The number of aryl methyl sites for hydroxylation is 2. The Hall–Kier alpha value is -3.61. The largest absolute Gasteiger partial charge is 0.497 e. The second-order valence-corrected chi connectivity index (χ2v) is 9.80. The summed E-state index contributed by atoms with van der Waals surface area (Å²) < 4.78 is 7.24. The molecule has 3 aromatic rings. The van der Waals surface area contributed by atoms with Crippen LogP contribution in [0, 0.1) is 13.8 Å². The van der Waals surface area contributed by atoms with Gasteiger partial charge in [-0.3, -0.25) is 14.3 Å². The van der Waals surface area contributed by atoms with E-state index in [1.54, 1.807) is 12.0 Å². The topological polar surface area (TPSA) is 67.7 Å². The van der Waals surface area contributed by atoms with E-state index in [1.165, 1.54) is 0 Å². The van der Waals surface area contributed by atoms with Gasteiger partial charge in [-0.2, -0.15) is 5.10 Å². The Morgan fingerprint density at radius 3 is 2.46 bits per heavy atom. The van der Waals surface area contributed by atoms with Crippen molar-refractivity contribution in [2.24, 2.45) is 0 Å². The number of carbonyl (C=O) groups is 2. The Labute approximate surface area is 206 Å². The maximum Gasteiger partial charge on any atom is 0.254 e. The van der Waals surface area contributed by atoms with Gasteiger partial charge in [0.25, 0.3) is 5.91 Å². The van der Waals surface area contributed by atoms with Crippen molar-refractivity contribution in [2.75, 3.05) is 25.1 Å². The lowest BCUT2D eigenvalue weighted by molar-refractivity contribution is -0.123. The number of piperazine rings is 1. The lowest BCUT2D eigenvalue weighted by Crippen LogP contribution is -2.65. The van der Waals surface area contributed by atoms with Crippen LogP contribution in [0.1, 0.15) is 53.0 Å². The third-order valence-electron chi connectivity index (χ3n) is 7.30. The van der Waals surface area contributed by atoms with E-state index in [0.29, 0.717) is 18.7 Å². The van der Waals surface area contributed by atoms with Crippen LogP contribution in [0.2, 0.25) is 0 Å². The third kappa shape index (κ3) is 4.43. The molecule has 0 radical (unpaired) electrons. The molecule has 182 valence electrons. The summed E-state index contributed by atoms with van der Waals surface area (Å²) in [4.78, 5) is 30.8. The van der Waals surface area contributed by atoms with Crippen molar-refractivity contribution in [2.45, 2.75) is 51.6 Å². The first kappa shape index (κ1) is 23.1. The molecule has 2 aromatic carbocycles. The van der Waals surface area contributed by atoms with Gasteiger partial charge in [-0.1, -0.05) is 25.0 Å². The number of rotatable bonds is 5. The van der Waals surface area contributed by atoms with Gasteiger partial charge < -0.3 is 14.5 Å². The summed E-state index contributed by atoms with van der Waals surface area (Å²) in [5.74, 6) is 0.639. The standard InChI is InChI=1S/C28H32N4O3/c1-20-15-21(2)31(29-20)17-22-7-6-8-23(16-22)27(34)30-18-26(33)32(28(19-30)13-4-5-14-28)24-9-11-25(35-3)12-10-24/h6-12,15-16H,4-5,13-14,17-19H2,1-3H3. The average Bonchev–Trinajstić information content (AvgIpc) is 3.44. The van der Waals surface area contributed by atoms with Crippen LogP contribution in [0.25, 0.3) is 0 Å². The minimum Gasteiger partial charge on any atom is -0.497 e. The Morgan fingerprint density at radius 1 is 1.06 bits per heavy atom. The van der Waals surface area contributed by atoms with Crippen molar-refractivity contribution in [3.63, 3.8) is 0 Å². The maximum absolute atomic E-state index is 13.6. The second-order valence-electron chi connectivity index (χ2n) is 9.80. The fourth-order valence-corrected chi connectivity index (χ4v) is 5.68. The molecule has 1 saturated heterocycles.